The van der Waals surface area contributed by atoms with Crippen LogP contribution < -0.4 is 9.47 Å². The Kier molecular flexibility index (Phi) is 6.70. The lowest BCUT2D eigenvalue weighted by Gasteiger charge is -2.19. The summed E-state index contributed by atoms with van der Waals surface area (Å²) in [6.07, 6.45) is 0. The van der Waals surface area contributed by atoms with Crippen LogP contribution in [0.25, 0.3) is 0 Å². The molecule has 0 aliphatic rings. The van der Waals surface area contributed by atoms with Crippen molar-refractivity contribution in [3.63, 3.8) is 0 Å². The number of carboxylic acids is 1. The fourth-order valence-electron chi connectivity index (χ4n) is 2.43. The van der Waals surface area contributed by atoms with Gasteiger partial charge in [0.05, 0.1) is 12.2 Å². The predicted molar refractivity (Wildman–Crippen MR) is 93.4 cm³/mol. The predicted octanol–water partition coefficient (Wildman–Crippen LogP) is 3.66. The van der Waals surface area contributed by atoms with E-state index >= 15 is 0 Å². The molecule has 1 N–H and O–H groups in total. The van der Waals surface area contributed by atoms with Crippen molar-refractivity contribution in [1.82, 2.24) is 4.90 Å². The number of hydrogen-bond donors (Lipinski definition) is 1. The summed E-state index contributed by atoms with van der Waals surface area (Å²) < 4.78 is 34.7. The zero-order chi connectivity index (χ0) is 20.0. The number of aromatic carboxylic acids is 1. The number of amides is 1. The van der Waals surface area contributed by atoms with Crippen molar-refractivity contribution >= 4 is 11.9 Å². The molecule has 2 rings (SSSR count). The van der Waals surface area contributed by atoms with Crippen LogP contribution in [0.4, 0.5) is 8.78 Å². The third-order valence-electron chi connectivity index (χ3n) is 3.67. The van der Waals surface area contributed by atoms with Gasteiger partial charge in [-0.25, -0.2) is 4.79 Å². The highest BCUT2D eigenvalue weighted by atomic mass is 19.3. The molecule has 0 aliphatic heterocycles. The number of carboxylic acid groups (broad SMARTS) is 1. The van der Waals surface area contributed by atoms with Crippen molar-refractivity contribution in [2.24, 2.45) is 0 Å². The summed E-state index contributed by atoms with van der Waals surface area (Å²) in [5.41, 5.74) is 1.09. The normalized spacial score (nSPS) is 10.6. The van der Waals surface area contributed by atoms with Gasteiger partial charge in [-0.05, 0) is 48.9 Å². The fraction of sp³-hybridized carbons (Fsp3) is 0.263. The van der Waals surface area contributed by atoms with E-state index in [0.717, 1.165) is 0 Å². The zero-order valence-corrected chi connectivity index (χ0v) is 14.8. The molecule has 0 saturated carbocycles. The number of benzene rings is 2. The first kappa shape index (κ1) is 20.2. The maximum atomic E-state index is 12.5. The molecule has 0 fully saturated rings. The zero-order valence-electron chi connectivity index (χ0n) is 14.8. The molecule has 0 aromatic heterocycles. The van der Waals surface area contributed by atoms with E-state index in [1.807, 2.05) is 0 Å². The minimum absolute atomic E-state index is 0.0751. The van der Waals surface area contributed by atoms with E-state index in [2.05, 4.69) is 4.74 Å². The van der Waals surface area contributed by atoms with Crippen LogP contribution in [-0.2, 0) is 6.54 Å². The highest BCUT2D eigenvalue weighted by Gasteiger charge is 2.16. The Balaban J connectivity index is 2.13. The Labute approximate surface area is 154 Å². The molecule has 0 unspecified atom stereocenters. The van der Waals surface area contributed by atoms with E-state index in [-0.39, 0.29) is 36.1 Å². The quantitative estimate of drug-likeness (QED) is 0.758. The molecule has 27 heavy (non-hydrogen) atoms. The lowest BCUT2D eigenvalue weighted by molar-refractivity contribution is -0.0514. The molecular formula is C19H19F2NO5. The summed E-state index contributed by atoms with van der Waals surface area (Å²) in [6, 6.07) is 10.1. The van der Waals surface area contributed by atoms with Crippen LogP contribution in [0, 0.1) is 0 Å². The molecule has 0 bridgehead atoms. The number of carbonyl (C=O) groups excluding carboxylic acids is 1. The first-order valence-corrected chi connectivity index (χ1v) is 8.11. The van der Waals surface area contributed by atoms with Crippen LogP contribution in [0.1, 0.15) is 33.2 Å². The SMILES string of the molecule is CCOc1cc(CN(C)C(=O)c2ccc(C(=O)O)cc2)ccc1OC(F)F. The van der Waals surface area contributed by atoms with Crippen LogP contribution in [0.5, 0.6) is 11.5 Å². The minimum atomic E-state index is -2.96. The van der Waals surface area contributed by atoms with Gasteiger partial charge in [-0.1, -0.05) is 6.07 Å². The molecule has 6 nitrogen and oxygen atoms in total. The van der Waals surface area contributed by atoms with Gasteiger partial charge in [-0.15, -0.1) is 0 Å². The van der Waals surface area contributed by atoms with Crippen LogP contribution in [-0.4, -0.2) is 42.1 Å². The summed E-state index contributed by atoms with van der Waals surface area (Å²) in [6.45, 7) is -0.773. The average Bonchev–Trinajstić information content (AvgIpc) is 2.63. The second-order valence-electron chi connectivity index (χ2n) is 5.64. The molecule has 2 aromatic carbocycles. The van der Waals surface area contributed by atoms with E-state index < -0.39 is 12.6 Å². The topological polar surface area (TPSA) is 76.1 Å². The standard InChI is InChI=1S/C19H19F2NO5/c1-3-26-16-10-12(4-9-15(16)27-19(20)21)11-22(2)17(23)13-5-7-14(8-6-13)18(24)25/h4-10,19H,3,11H2,1-2H3,(H,24,25). The summed E-state index contributed by atoms with van der Waals surface area (Å²) >= 11 is 0. The highest BCUT2D eigenvalue weighted by molar-refractivity contribution is 5.95. The Morgan fingerprint density at radius 2 is 1.70 bits per heavy atom. The van der Waals surface area contributed by atoms with Crippen molar-refractivity contribution in [3.8, 4) is 11.5 Å². The first-order valence-electron chi connectivity index (χ1n) is 8.11. The van der Waals surface area contributed by atoms with Crippen LogP contribution in [0.3, 0.4) is 0 Å². The van der Waals surface area contributed by atoms with Crippen molar-refractivity contribution in [3.05, 3.63) is 59.2 Å². The number of ether oxygens (including phenoxy) is 2. The lowest BCUT2D eigenvalue weighted by Crippen LogP contribution is -2.26. The third-order valence-corrected chi connectivity index (χ3v) is 3.67. The molecule has 0 saturated heterocycles. The molecule has 0 atom stereocenters. The molecule has 0 heterocycles. The van der Waals surface area contributed by atoms with E-state index in [0.29, 0.717) is 11.1 Å². The summed E-state index contributed by atoms with van der Waals surface area (Å²) in [7, 11) is 1.58. The van der Waals surface area contributed by atoms with Gasteiger partial charge in [0.1, 0.15) is 0 Å². The first-order chi connectivity index (χ1) is 12.8. The molecule has 144 valence electrons. The van der Waals surface area contributed by atoms with Gasteiger partial charge < -0.3 is 19.5 Å². The van der Waals surface area contributed by atoms with Crippen molar-refractivity contribution in [1.29, 1.82) is 0 Å². The molecule has 0 spiro atoms. The summed E-state index contributed by atoms with van der Waals surface area (Å²) in [5, 5.41) is 8.90. The summed E-state index contributed by atoms with van der Waals surface area (Å²) in [5.74, 6) is -1.29. The average molecular weight is 379 g/mol. The van der Waals surface area contributed by atoms with Crippen LogP contribution >= 0.6 is 0 Å². The Morgan fingerprint density at radius 1 is 1.07 bits per heavy atom. The molecule has 8 heteroatoms. The minimum Gasteiger partial charge on any atom is -0.490 e. The maximum Gasteiger partial charge on any atom is 0.387 e. The van der Waals surface area contributed by atoms with Gasteiger partial charge in [-0.2, -0.15) is 8.78 Å². The van der Waals surface area contributed by atoms with Gasteiger partial charge >= 0.3 is 12.6 Å². The number of nitrogens with zero attached hydrogens (tertiary/aromatic N) is 1. The van der Waals surface area contributed by atoms with Crippen molar-refractivity contribution in [2.75, 3.05) is 13.7 Å². The molecule has 0 radical (unpaired) electrons. The molecule has 2 aromatic rings. The lowest BCUT2D eigenvalue weighted by atomic mass is 10.1. The van der Waals surface area contributed by atoms with E-state index in [1.165, 1.54) is 35.2 Å². The molecular weight excluding hydrogens is 360 g/mol. The van der Waals surface area contributed by atoms with Gasteiger partial charge in [0, 0.05) is 19.2 Å². The number of hydrogen-bond acceptors (Lipinski definition) is 4. The third kappa shape index (κ3) is 5.40. The Bertz CT molecular complexity index is 808. The summed E-state index contributed by atoms with van der Waals surface area (Å²) in [4.78, 5) is 24.8. The number of alkyl halides is 2. The van der Waals surface area contributed by atoms with E-state index in [9.17, 15) is 18.4 Å². The van der Waals surface area contributed by atoms with Gasteiger partial charge in [0.15, 0.2) is 11.5 Å². The Morgan fingerprint density at radius 3 is 2.26 bits per heavy atom. The fourth-order valence-corrected chi connectivity index (χ4v) is 2.43. The Hall–Kier alpha value is -3.16. The van der Waals surface area contributed by atoms with Crippen molar-refractivity contribution < 1.29 is 33.0 Å². The maximum absolute atomic E-state index is 12.5. The largest absolute Gasteiger partial charge is 0.490 e. The van der Waals surface area contributed by atoms with Gasteiger partial charge in [-0.3, -0.25) is 4.79 Å². The molecule has 1 amide bonds. The number of halogens is 2. The highest BCUT2D eigenvalue weighted by Crippen LogP contribution is 2.30. The number of carbonyl (C=O) groups is 2. The molecule has 0 aliphatic carbocycles. The van der Waals surface area contributed by atoms with E-state index in [1.54, 1.807) is 26.1 Å². The second kappa shape index (κ2) is 8.98. The van der Waals surface area contributed by atoms with Gasteiger partial charge in [0.25, 0.3) is 5.91 Å². The second-order valence-corrected chi connectivity index (χ2v) is 5.64. The number of rotatable bonds is 8. The van der Waals surface area contributed by atoms with Gasteiger partial charge in [0.2, 0.25) is 0 Å². The monoisotopic (exact) mass is 379 g/mol. The van der Waals surface area contributed by atoms with Crippen LogP contribution in [0.2, 0.25) is 0 Å². The smallest absolute Gasteiger partial charge is 0.387 e. The van der Waals surface area contributed by atoms with E-state index in [4.69, 9.17) is 9.84 Å². The van der Waals surface area contributed by atoms with Crippen molar-refractivity contribution in [2.45, 2.75) is 20.1 Å². The van der Waals surface area contributed by atoms with Crippen LogP contribution in [0.15, 0.2) is 42.5 Å².